The van der Waals surface area contributed by atoms with E-state index in [9.17, 15) is 0 Å². The molecule has 0 unspecified atom stereocenters. The van der Waals surface area contributed by atoms with E-state index in [-0.39, 0.29) is 5.41 Å². The molecule has 7 aromatic rings. The number of hydrogen-bond donors (Lipinski definition) is 0. The standard InChI is InChI=1S/C42H35N5O/c1-42(2,3)30-19-20-44-41(22-30)47-37-18-15-29(28-11-7-6-8-12-28)21-36(37)35-17-16-33(26-40(35)47)48-34-24-31(43-4)23-32(25-34)46-27-45(5)38-13-9-10-14-39(38)46/h6-26H,27H2,1-3,5H3. The first-order chi connectivity index (χ1) is 23.3. The van der Waals surface area contributed by atoms with Gasteiger partial charge in [0.05, 0.1) is 35.6 Å². The molecule has 0 radical (unpaired) electrons. The Bertz CT molecular complexity index is 2380. The second-order valence-corrected chi connectivity index (χ2v) is 13.4. The van der Waals surface area contributed by atoms with Crippen LogP contribution in [-0.2, 0) is 5.41 Å². The van der Waals surface area contributed by atoms with Crippen molar-refractivity contribution < 1.29 is 4.74 Å². The van der Waals surface area contributed by atoms with Crippen molar-refractivity contribution in [2.45, 2.75) is 26.2 Å². The third kappa shape index (κ3) is 5.10. The second-order valence-electron chi connectivity index (χ2n) is 13.4. The van der Waals surface area contributed by atoms with Gasteiger partial charge in [0.25, 0.3) is 0 Å². The molecule has 0 saturated heterocycles. The molecule has 0 bridgehead atoms. The maximum atomic E-state index is 7.84. The van der Waals surface area contributed by atoms with E-state index < -0.39 is 0 Å². The van der Waals surface area contributed by atoms with Crippen LogP contribution in [0.4, 0.5) is 22.7 Å². The number of para-hydroxylation sites is 2. The summed E-state index contributed by atoms with van der Waals surface area (Å²) >= 11 is 0. The molecule has 6 nitrogen and oxygen atoms in total. The minimum Gasteiger partial charge on any atom is -0.459 e. The summed E-state index contributed by atoms with van der Waals surface area (Å²) < 4.78 is 8.82. The van der Waals surface area contributed by atoms with Crippen LogP contribution < -0.4 is 14.5 Å². The van der Waals surface area contributed by atoms with Gasteiger partial charge in [-0.2, -0.15) is 0 Å². The highest BCUT2D eigenvalue weighted by molar-refractivity contribution is 6.10. The van der Waals surface area contributed by atoms with Gasteiger partial charge in [0.15, 0.2) is 5.69 Å². The molecular weight excluding hydrogens is 590 g/mol. The fourth-order valence-corrected chi connectivity index (χ4v) is 6.71. The molecule has 1 aliphatic rings. The molecule has 48 heavy (non-hydrogen) atoms. The van der Waals surface area contributed by atoms with Crippen molar-refractivity contribution in [1.82, 2.24) is 9.55 Å². The number of rotatable bonds is 5. The molecule has 2 aromatic heterocycles. The number of hydrogen-bond acceptors (Lipinski definition) is 4. The Morgan fingerprint density at radius 1 is 0.708 bits per heavy atom. The molecule has 0 N–H and O–H groups in total. The Balaban J connectivity index is 1.26. The number of anilines is 3. The Morgan fingerprint density at radius 2 is 1.50 bits per heavy atom. The van der Waals surface area contributed by atoms with Gasteiger partial charge < -0.3 is 14.5 Å². The van der Waals surface area contributed by atoms with Crippen LogP contribution in [0.5, 0.6) is 11.5 Å². The first kappa shape index (κ1) is 29.3. The lowest BCUT2D eigenvalue weighted by Crippen LogP contribution is -2.23. The maximum Gasteiger partial charge on any atom is 0.192 e. The van der Waals surface area contributed by atoms with E-state index in [1.807, 2.05) is 42.6 Å². The summed E-state index contributed by atoms with van der Waals surface area (Å²) in [6, 6.07) is 41.7. The van der Waals surface area contributed by atoms with E-state index in [4.69, 9.17) is 16.3 Å². The van der Waals surface area contributed by atoms with Crippen molar-refractivity contribution >= 4 is 44.6 Å². The number of ether oxygens (including phenoxy) is 1. The Hall–Kier alpha value is -6.06. The van der Waals surface area contributed by atoms with Gasteiger partial charge in [0, 0.05) is 41.8 Å². The van der Waals surface area contributed by atoms with Crippen LogP contribution in [0.1, 0.15) is 26.3 Å². The second kappa shape index (κ2) is 11.3. The number of fused-ring (bicyclic) bond motifs is 4. The van der Waals surface area contributed by atoms with Gasteiger partial charge in [0.2, 0.25) is 0 Å². The zero-order chi connectivity index (χ0) is 33.0. The molecule has 0 amide bonds. The van der Waals surface area contributed by atoms with E-state index in [2.05, 4.69) is 132 Å². The normalized spacial score (nSPS) is 12.8. The quantitative estimate of drug-likeness (QED) is 0.178. The highest BCUT2D eigenvalue weighted by atomic mass is 16.5. The molecule has 0 saturated carbocycles. The summed E-state index contributed by atoms with van der Waals surface area (Å²) in [6.07, 6.45) is 1.90. The van der Waals surface area contributed by atoms with Crippen LogP contribution in [0.25, 0.3) is 43.6 Å². The number of pyridine rings is 1. The monoisotopic (exact) mass is 625 g/mol. The van der Waals surface area contributed by atoms with Crippen molar-refractivity contribution in [2.75, 3.05) is 23.5 Å². The predicted octanol–water partition coefficient (Wildman–Crippen LogP) is 11.0. The number of benzene rings is 5. The van der Waals surface area contributed by atoms with Crippen LogP contribution in [-0.4, -0.2) is 23.3 Å². The van der Waals surface area contributed by atoms with Crippen LogP contribution in [0.2, 0.25) is 0 Å². The smallest absolute Gasteiger partial charge is 0.192 e. The molecule has 0 spiro atoms. The molecule has 0 atom stereocenters. The van der Waals surface area contributed by atoms with Crippen LogP contribution in [0.3, 0.4) is 0 Å². The van der Waals surface area contributed by atoms with Gasteiger partial charge in [-0.15, -0.1) is 0 Å². The van der Waals surface area contributed by atoms with Crippen molar-refractivity contribution in [1.29, 1.82) is 0 Å². The van der Waals surface area contributed by atoms with Crippen molar-refractivity contribution in [2.24, 2.45) is 0 Å². The fourth-order valence-electron chi connectivity index (χ4n) is 6.71. The van der Waals surface area contributed by atoms with E-state index in [0.29, 0.717) is 23.9 Å². The molecule has 6 heteroatoms. The average molecular weight is 626 g/mol. The summed E-state index contributed by atoms with van der Waals surface area (Å²) in [7, 11) is 2.08. The largest absolute Gasteiger partial charge is 0.459 e. The Morgan fingerprint density at radius 3 is 2.29 bits per heavy atom. The lowest BCUT2D eigenvalue weighted by atomic mass is 9.88. The molecular formula is C42H35N5O. The van der Waals surface area contributed by atoms with E-state index in [1.165, 1.54) is 11.1 Å². The molecule has 234 valence electrons. The first-order valence-corrected chi connectivity index (χ1v) is 16.2. The summed E-state index contributed by atoms with van der Waals surface area (Å²) in [5, 5.41) is 2.26. The molecule has 0 aliphatic carbocycles. The third-order valence-electron chi connectivity index (χ3n) is 9.18. The topological polar surface area (TPSA) is 37.9 Å². The van der Waals surface area contributed by atoms with Crippen molar-refractivity contribution in [3.8, 4) is 28.4 Å². The van der Waals surface area contributed by atoms with Gasteiger partial charge in [-0.3, -0.25) is 4.57 Å². The minimum atomic E-state index is -0.0263. The first-order valence-electron chi connectivity index (χ1n) is 16.2. The zero-order valence-electron chi connectivity index (χ0n) is 27.5. The van der Waals surface area contributed by atoms with E-state index in [0.717, 1.165) is 50.2 Å². The summed E-state index contributed by atoms with van der Waals surface area (Å²) in [4.78, 5) is 13.1. The van der Waals surface area contributed by atoms with Gasteiger partial charge >= 0.3 is 0 Å². The van der Waals surface area contributed by atoms with Gasteiger partial charge in [-0.1, -0.05) is 69.3 Å². The summed E-state index contributed by atoms with van der Waals surface area (Å²) in [5.41, 5.74) is 9.33. The lowest BCUT2D eigenvalue weighted by Gasteiger charge is -2.21. The summed E-state index contributed by atoms with van der Waals surface area (Å²) in [5.74, 6) is 2.17. The van der Waals surface area contributed by atoms with Gasteiger partial charge in [-0.05, 0) is 82.8 Å². The van der Waals surface area contributed by atoms with Crippen LogP contribution in [0.15, 0.2) is 128 Å². The lowest BCUT2D eigenvalue weighted by molar-refractivity contribution is 0.483. The predicted molar refractivity (Wildman–Crippen MR) is 197 cm³/mol. The fraction of sp³-hybridized carbons (Fsp3) is 0.143. The van der Waals surface area contributed by atoms with Gasteiger partial charge in [0.1, 0.15) is 17.3 Å². The van der Waals surface area contributed by atoms with E-state index in [1.54, 1.807) is 0 Å². The van der Waals surface area contributed by atoms with Crippen LogP contribution >= 0.6 is 0 Å². The molecule has 1 aliphatic heterocycles. The summed E-state index contributed by atoms with van der Waals surface area (Å²) in [6.45, 7) is 15.2. The highest BCUT2D eigenvalue weighted by Crippen LogP contribution is 2.43. The Kier molecular flexibility index (Phi) is 6.92. The van der Waals surface area contributed by atoms with Crippen molar-refractivity contribution in [3.05, 3.63) is 145 Å². The van der Waals surface area contributed by atoms with Gasteiger partial charge in [-0.25, -0.2) is 9.83 Å². The number of nitrogens with zero attached hydrogens (tertiary/aromatic N) is 5. The SMILES string of the molecule is [C-]#[N+]c1cc(Oc2ccc3c4cc(-c5ccccc5)ccc4n(-c4cc(C(C)(C)C)ccn4)c3c2)cc(N2CN(C)c3ccccc32)c1. The molecule has 8 rings (SSSR count). The third-order valence-corrected chi connectivity index (χ3v) is 9.18. The molecule has 3 heterocycles. The highest BCUT2D eigenvalue weighted by Gasteiger charge is 2.25. The molecule has 5 aromatic carbocycles. The average Bonchev–Trinajstić information content (AvgIpc) is 3.62. The zero-order valence-corrected chi connectivity index (χ0v) is 27.5. The molecule has 0 fully saturated rings. The number of aromatic nitrogens is 2. The Labute approximate surface area is 280 Å². The van der Waals surface area contributed by atoms with Crippen molar-refractivity contribution in [3.63, 3.8) is 0 Å². The van der Waals surface area contributed by atoms with E-state index >= 15 is 0 Å². The minimum absolute atomic E-state index is 0.0263. The maximum absolute atomic E-state index is 7.84. The van der Waals surface area contributed by atoms with Crippen LogP contribution in [0, 0.1) is 6.57 Å².